The lowest BCUT2D eigenvalue weighted by Gasteiger charge is -2.33. The Kier molecular flexibility index (Phi) is 5.41. The van der Waals surface area contributed by atoms with Crippen LogP contribution in [0.1, 0.15) is 31.7 Å². The summed E-state index contributed by atoms with van der Waals surface area (Å²) in [5, 5.41) is 3.01. The molecule has 1 saturated heterocycles. The zero-order valence-electron chi connectivity index (χ0n) is 12.3. The lowest BCUT2D eigenvalue weighted by Crippen LogP contribution is -2.51. The van der Waals surface area contributed by atoms with Crippen molar-refractivity contribution in [2.75, 3.05) is 26.3 Å². The highest BCUT2D eigenvalue weighted by Gasteiger charge is 2.23. The smallest absolute Gasteiger partial charge is 0.317 e. The minimum Gasteiger partial charge on any atom is -0.377 e. The molecule has 0 saturated carbocycles. The van der Waals surface area contributed by atoms with Gasteiger partial charge in [0, 0.05) is 13.1 Å². The first-order chi connectivity index (χ1) is 9.68. The van der Waals surface area contributed by atoms with Crippen LogP contribution < -0.4 is 5.32 Å². The third-order valence-corrected chi connectivity index (χ3v) is 3.85. The lowest BCUT2D eigenvalue weighted by molar-refractivity contribution is 0.0190. The molecule has 20 heavy (non-hydrogen) atoms. The molecule has 110 valence electrons. The first-order valence-corrected chi connectivity index (χ1v) is 7.35. The third-order valence-electron chi connectivity index (χ3n) is 3.85. The van der Waals surface area contributed by atoms with Gasteiger partial charge in [-0.05, 0) is 24.8 Å². The van der Waals surface area contributed by atoms with Crippen molar-refractivity contribution in [2.45, 2.75) is 32.2 Å². The van der Waals surface area contributed by atoms with Crippen LogP contribution in [0.5, 0.6) is 0 Å². The molecule has 0 spiro atoms. The second kappa shape index (κ2) is 7.29. The fourth-order valence-corrected chi connectivity index (χ4v) is 2.47. The van der Waals surface area contributed by atoms with E-state index in [1.54, 1.807) is 0 Å². The molecule has 1 aromatic rings. The first-order valence-electron chi connectivity index (χ1n) is 7.35. The molecule has 1 fully saturated rings. The van der Waals surface area contributed by atoms with Crippen LogP contribution >= 0.6 is 0 Å². The van der Waals surface area contributed by atoms with Crippen molar-refractivity contribution in [1.82, 2.24) is 10.2 Å². The number of urea groups is 1. The molecular formula is C16H24N2O2. The highest BCUT2D eigenvalue weighted by atomic mass is 16.5. The molecule has 2 atom stereocenters. The number of amides is 2. The molecule has 0 unspecified atom stereocenters. The molecule has 0 radical (unpaired) electrons. The number of morpholine rings is 1. The summed E-state index contributed by atoms with van der Waals surface area (Å²) in [7, 11) is 0. The van der Waals surface area contributed by atoms with E-state index in [0.717, 1.165) is 6.42 Å². The van der Waals surface area contributed by atoms with Gasteiger partial charge in [-0.15, -0.1) is 0 Å². The van der Waals surface area contributed by atoms with Gasteiger partial charge in [0.2, 0.25) is 0 Å². The van der Waals surface area contributed by atoms with Crippen molar-refractivity contribution in [3.63, 3.8) is 0 Å². The minimum atomic E-state index is 0.0288. The summed E-state index contributed by atoms with van der Waals surface area (Å²) in [4.78, 5) is 13.9. The first kappa shape index (κ1) is 14.9. The molecule has 0 aromatic heterocycles. The molecule has 1 N–H and O–H groups in total. The van der Waals surface area contributed by atoms with Crippen molar-refractivity contribution in [3.05, 3.63) is 35.9 Å². The fourth-order valence-electron chi connectivity index (χ4n) is 2.47. The standard InChI is InChI=1S/C16H24N2O2/c1-13(15-6-4-3-5-7-15)8-9-17-16(19)18-10-11-20-12-14(18)2/h3-7,13-14H,8-12H2,1-2H3,(H,17,19)/t13-,14+/m1/s1. The molecule has 4 nitrogen and oxygen atoms in total. The van der Waals surface area contributed by atoms with Gasteiger partial charge < -0.3 is 15.0 Å². The van der Waals surface area contributed by atoms with Crippen molar-refractivity contribution in [1.29, 1.82) is 0 Å². The van der Waals surface area contributed by atoms with Gasteiger partial charge in [-0.25, -0.2) is 4.79 Å². The summed E-state index contributed by atoms with van der Waals surface area (Å²) in [5.41, 5.74) is 1.32. The molecule has 2 rings (SSSR count). The van der Waals surface area contributed by atoms with Gasteiger partial charge in [-0.2, -0.15) is 0 Å². The number of ether oxygens (including phenoxy) is 1. The molecular weight excluding hydrogens is 252 g/mol. The SMILES string of the molecule is C[C@H](CCNC(=O)N1CCOC[C@@H]1C)c1ccccc1. The van der Waals surface area contributed by atoms with E-state index in [2.05, 4.69) is 36.5 Å². The summed E-state index contributed by atoms with van der Waals surface area (Å²) >= 11 is 0. The Hall–Kier alpha value is -1.55. The lowest BCUT2D eigenvalue weighted by atomic mass is 9.98. The third kappa shape index (κ3) is 3.97. The Morgan fingerprint density at radius 2 is 2.20 bits per heavy atom. The molecule has 1 aliphatic rings. The van der Waals surface area contributed by atoms with Gasteiger partial charge in [0.15, 0.2) is 0 Å². The highest BCUT2D eigenvalue weighted by Crippen LogP contribution is 2.17. The van der Waals surface area contributed by atoms with Gasteiger partial charge in [0.25, 0.3) is 0 Å². The van der Waals surface area contributed by atoms with Gasteiger partial charge in [-0.3, -0.25) is 0 Å². The summed E-state index contributed by atoms with van der Waals surface area (Å²) < 4.78 is 5.34. The zero-order chi connectivity index (χ0) is 14.4. The Morgan fingerprint density at radius 3 is 2.90 bits per heavy atom. The van der Waals surface area contributed by atoms with Crippen LogP contribution in [0.2, 0.25) is 0 Å². The number of hydrogen-bond donors (Lipinski definition) is 1. The van der Waals surface area contributed by atoms with E-state index in [9.17, 15) is 4.79 Å². The topological polar surface area (TPSA) is 41.6 Å². The van der Waals surface area contributed by atoms with Crippen molar-refractivity contribution >= 4 is 6.03 Å². The number of nitrogens with one attached hydrogen (secondary N) is 1. The monoisotopic (exact) mass is 276 g/mol. The van der Waals surface area contributed by atoms with Crippen LogP contribution in [0.15, 0.2) is 30.3 Å². The summed E-state index contributed by atoms with van der Waals surface area (Å²) in [6, 6.07) is 10.6. The van der Waals surface area contributed by atoms with Gasteiger partial charge in [-0.1, -0.05) is 37.3 Å². The average Bonchev–Trinajstić information content (AvgIpc) is 2.48. The molecule has 0 bridgehead atoms. The Balaban J connectivity index is 1.74. The van der Waals surface area contributed by atoms with Gasteiger partial charge in [0.1, 0.15) is 0 Å². The zero-order valence-corrected chi connectivity index (χ0v) is 12.3. The van der Waals surface area contributed by atoms with Gasteiger partial charge in [0.05, 0.1) is 19.3 Å². The van der Waals surface area contributed by atoms with Crippen LogP contribution in [-0.2, 0) is 4.74 Å². The molecule has 1 heterocycles. The quantitative estimate of drug-likeness (QED) is 0.918. The molecule has 4 heteroatoms. The largest absolute Gasteiger partial charge is 0.377 e. The maximum Gasteiger partial charge on any atom is 0.317 e. The van der Waals surface area contributed by atoms with Gasteiger partial charge >= 0.3 is 6.03 Å². The minimum absolute atomic E-state index is 0.0288. The second-order valence-electron chi connectivity index (χ2n) is 5.45. The Morgan fingerprint density at radius 1 is 1.45 bits per heavy atom. The van der Waals surface area contributed by atoms with Crippen molar-refractivity contribution in [3.8, 4) is 0 Å². The number of benzene rings is 1. The van der Waals surface area contributed by atoms with Crippen LogP contribution in [-0.4, -0.2) is 43.3 Å². The van der Waals surface area contributed by atoms with E-state index < -0.39 is 0 Å². The fraction of sp³-hybridized carbons (Fsp3) is 0.562. The number of carbonyl (C=O) groups is 1. The van der Waals surface area contributed by atoms with E-state index in [1.165, 1.54) is 5.56 Å². The van der Waals surface area contributed by atoms with E-state index in [1.807, 2.05) is 17.9 Å². The van der Waals surface area contributed by atoms with E-state index in [-0.39, 0.29) is 12.1 Å². The average molecular weight is 276 g/mol. The molecule has 0 aliphatic carbocycles. The number of rotatable bonds is 4. The van der Waals surface area contributed by atoms with Crippen molar-refractivity contribution in [2.24, 2.45) is 0 Å². The molecule has 1 aliphatic heterocycles. The van der Waals surface area contributed by atoms with Crippen LogP contribution in [0.3, 0.4) is 0 Å². The maximum absolute atomic E-state index is 12.1. The van der Waals surface area contributed by atoms with E-state index in [4.69, 9.17) is 4.74 Å². The predicted octanol–water partition coefficient (Wildman–Crippen LogP) is 2.61. The van der Waals surface area contributed by atoms with E-state index in [0.29, 0.717) is 32.2 Å². The number of carbonyl (C=O) groups excluding carboxylic acids is 1. The molecule has 2 amide bonds. The number of nitrogens with zero attached hydrogens (tertiary/aromatic N) is 1. The predicted molar refractivity (Wildman–Crippen MR) is 79.9 cm³/mol. The number of hydrogen-bond acceptors (Lipinski definition) is 2. The summed E-state index contributed by atoms with van der Waals surface area (Å²) in [5.74, 6) is 0.457. The van der Waals surface area contributed by atoms with Crippen LogP contribution in [0, 0.1) is 0 Å². The van der Waals surface area contributed by atoms with Crippen LogP contribution in [0.25, 0.3) is 0 Å². The normalized spacial score (nSPS) is 20.5. The Bertz CT molecular complexity index is 422. The van der Waals surface area contributed by atoms with Crippen LogP contribution in [0.4, 0.5) is 4.79 Å². The second-order valence-corrected chi connectivity index (χ2v) is 5.45. The molecule has 1 aromatic carbocycles. The highest BCUT2D eigenvalue weighted by molar-refractivity contribution is 5.74. The Labute approximate surface area is 121 Å². The summed E-state index contributed by atoms with van der Waals surface area (Å²) in [6.07, 6.45) is 0.953. The van der Waals surface area contributed by atoms with Crippen molar-refractivity contribution < 1.29 is 9.53 Å². The summed E-state index contributed by atoms with van der Waals surface area (Å²) in [6.45, 7) is 6.87. The maximum atomic E-state index is 12.1. The van der Waals surface area contributed by atoms with E-state index >= 15 is 0 Å².